The van der Waals surface area contributed by atoms with E-state index >= 15 is 0 Å². The van der Waals surface area contributed by atoms with Crippen LogP contribution in [0.1, 0.15) is 58.3 Å². The van der Waals surface area contributed by atoms with E-state index < -0.39 is 0 Å². The van der Waals surface area contributed by atoms with Gasteiger partial charge in [-0.25, -0.2) is 0 Å². The first-order chi connectivity index (χ1) is 9.22. The topological polar surface area (TPSA) is 28.4 Å². The van der Waals surface area contributed by atoms with Crippen LogP contribution in [0.4, 0.5) is 0 Å². The van der Waals surface area contributed by atoms with Gasteiger partial charge in [0.15, 0.2) is 0 Å². The molecule has 0 radical (unpaired) electrons. The van der Waals surface area contributed by atoms with Crippen LogP contribution in [0.25, 0.3) is 0 Å². The Morgan fingerprint density at radius 1 is 1.32 bits per heavy atom. The van der Waals surface area contributed by atoms with Crippen LogP contribution in [0.15, 0.2) is 22.8 Å². The van der Waals surface area contributed by atoms with Crippen molar-refractivity contribution in [1.29, 1.82) is 0 Å². The van der Waals surface area contributed by atoms with Crippen molar-refractivity contribution in [2.75, 3.05) is 19.6 Å². The van der Waals surface area contributed by atoms with E-state index in [4.69, 9.17) is 4.42 Å². The largest absolute Gasteiger partial charge is 0.468 e. The molecule has 1 aliphatic heterocycles. The van der Waals surface area contributed by atoms with Crippen molar-refractivity contribution in [2.45, 2.75) is 58.0 Å². The molecule has 2 unspecified atom stereocenters. The maximum Gasteiger partial charge on any atom is 0.122 e. The fraction of sp³-hybridized carbons (Fsp3) is 0.750. The second-order valence-corrected chi connectivity index (χ2v) is 5.76. The van der Waals surface area contributed by atoms with Gasteiger partial charge in [0.25, 0.3) is 0 Å². The van der Waals surface area contributed by atoms with E-state index in [2.05, 4.69) is 37.1 Å². The Hall–Kier alpha value is -0.800. The lowest BCUT2D eigenvalue weighted by Crippen LogP contribution is -2.55. The van der Waals surface area contributed by atoms with Crippen molar-refractivity contribution >= 4 is 0 Å². The quantitative estimate of drug-likeness (QED) is 0.851. The fourth-order valence-electron chi connectivity index (χ4n) is 3.30. The van der Waals surface area contributed by atoms with Crippen LogP contribution >= 0.6 is 0 Å². The predicted octanol–water partition coefficient (Wildman–Crippen LogP) is 3.58. The number of rotatable bonds is 6. The second-order valence-electron chi connectivity index (χ2n) is 5.76. The van der Waals surface area contributed by atoms with E-state index in [1.165, 1.54) is 32.4 Å². The van der Waals surface area contributed by atoms with E-state index in [1.807, 2.05) is 6.07 Å². The summed E-state index contributed by atoms with van der Waals surface area (Å²) in [7, 11) is 0. The van der Waals surface area contributed by atoms with Crippen LogP contribution in [0.3, 0.4) is 0 Å². The molecule has 3 heteroatoms. The second kappa shape index (κ2) is 6.58. The summed E-state index contributed by atoms with van der Waals surface area (Å²) in [6, 6.07) is 4.37. The number of likely N-dealkylation sites (N-methyl/N-ethyl adjacent to an activating group) is 1. The number of hydrogen-bond donors (Lipinski definition) is 1. The zero-order valence-electron chi connectivity index (χ0n) is 12.6. The van der Waals surface area contributed by atoms with E-state index in [0.29, 0.717) is 0 Å². The zero-order valence-corrected chi connectivity index (χ0v) is 12.6. The van der Waals surface area contributed by atoms with Crippen LogP contribution in [0, 0.1) is 0 Å². The van der Waals surface area contributed by atoms with Gasteiger partial charge in [0.1, 0.15) is 5.76 Å². The maximum absolute atomic E-state index is 5.70. The highest BCUT2D eigenvalue weighted by atomic mass is 16.3. The van der Waals surface area contributed by atoms with Crippen LogP contribution in [-0.4, -0.2) is 30.1 Å². The van der Waals surface area contributed by atoms with Crippen molar-refractivity contribution in [3.05, 3.63) is 24.2 Å². The van der Waals surface area contributed by atoms with Gasteiger partial charge in [-0.15, -0.1) is 0 Å². The third-order valence-corrected chi connectivity index (χ3v) is 4.65. The highest BCUT2D eigenvalue weighted by molar-refractivity contribution is 5.12. The standard InChI is InChI=1S/C16H28N2O/c1-4-16(3,18-11-7-6-8-12-18)15(17-5-2)14-10-9-13-19-14/h9-10,13,15,17H,4-8,11-12H2,1-3H3. The Morgan fingerprint density at radius 3 is 2.58 bits per heavy atom. The van der Waals surface area contributed by atoms with Crippen LogP contribution in [0.5, 0.6) is 0 Å². The molecule has 0 aliphatic carbocycles. The lowest BCUT2D eigenvalue weighted by atomic mass is 9.84. The Balaban J connectivity index is 2.24. The summed E-state index contributed by atoms with van der Waals surface area (Å²) in [6.07, 6.45) is 6.94. The van der Waals surface area contributed by atoms with Crippen molar-refractivity contribution in [1.82, 2.24) is 10.2 Å². The number of piperidine rings is 1. The van der Waals surface area contributed by atoms with E-state index in [1.54, 1.807) is 6.26 Å². The van der Waals surface area contributed by atoms with Crippen molar-refractivity contribution in [3.8, 4) is 0 Å². The number of nitrogens with one attached hydrogen (secondary N) is 1. The lowest BCUT2D eigenvalue weighted by Gasteiger charge is -2.47. The fourth-order valence-corrected chi connectivity index (χ4v) is 3.30. The van der Waals surface area contributed by atoms with E-state index in [0.717, 1.165) is 18.7 Å². The maximum atomic E-state index is 5.70. The highest BCUT2D eigenvalue weighted by Crippen LogP contribution is 2.36. The van der Waals surface area contributed by atoms with Gasteiger partial charge in [0, 0.05) is 5.54 Å². The molecule has 2 heterocycles. The molecule has 3 nitrogen and oxygen atoms in total. The Labute approximate surface area is 117 Å². The Kier molecular flexibility index (Phi) is 5.06. The van der Waals surface area contributed by atoms with Crippen LogP contribution in [-0.2, 0) is 0 Å². The van der Waals surface area contributed by atoms with Crippen LogP contribution < -0.4 is 5.32 Å². The molecule has 0 saturated carbocycles. The number of nitrogens with zero attached hydrogens (tertiary/aromatic N) is 1. The van der Waals surface area contributed by atoms with Gasteiger partial charge >= 0.3 is 0 Å². The SMILES string of the molecule is CCNC(c1ccco1)C(C)(CC)N1CCCCC1. The molecule has 1 aliphatic rings. The van der Waals surface area contributed by atoms with Crippen molar-refractivity contribution < 1.29 is 4.42 Å². The first-order valence-electron chi connectivity index (χ1n) is 7.74. The Bertz CT molecular complexity index is 357. The first kappa shape index (κ1) is 14.6. The number of likely N-dealkylation sites (tertiary alicyclic amines) is 1. The van der Waals surface area contributed by atoms with Crippen molar-refractivity contribution in [2.24, 2.45) is 0 Å². The van der Waals surface area contributed by atoms with E-state index in [-0.39, 0.29) is 11.6 Å². The molecule has 1 N–H and O–H groups in total. The van der Waals surface area contributed by atoms with Gasteiger partial charge in [-0.2, -0.15) is 0 Å². The van der Waals surface area contributed by atoms with E-state index in [9.17, 15) is 0 Å². The molecule has 1 saturated heterocycles. The molecule has 108 valence electrons. The average Bonchev–Trinajstić information content (AvgIpc) is 2.98. The molecule has 0 spiro atoms. The number of furan rings is 1. The highest BCUT2D eigenvalue weighted by Gasteiger charge is 2.40. The summed E-state index contributed by atoms with van der Waals surface area (Å²) < 4.78 is 5.70. The minimum atomic E-state index is 0.133. The smallest absolute Gasteiger partial charge is 0.122 e. The minimum absolute atomic E-state index is 0.133. The predicted molar refractivity (Wildman–Crippen MR) is 79.2 cm³/mol. The summed E-state index contributed by atoms with van der Waals surface area (Å²) in [5.41, 5.74) is 0.133. The molecule has 1 aromatic heterocycles. The molecule has 2 rings (SSSR count). The van der Waals surface area contributed by atoms with Gasteiger partial charge in [0.2, 0.25) is 0 Å². The van der Waals surface area contributed by atoms with Gasteiger partial charge < -0.3 is 9.73 Å². The molecule has 2 atom stereocenters. The molecule has 19 heavy (non-hydrogen) atoms. The summed E-state index contributed by atoms with van der Waals surface area (Å²) in [5.74, 6) is 1.07. The van der Waals surface area contributed by atoms with Gasteiger partial charge in [0.05, 0.1) is 12.3 Å². The van der Waals surface area contributed by atoms with Gasteiger partial charge in [-0.05, 0) is 58.0 Å². The summed E-state index contributed by atoms with van der Waals surface area (Å²) in [6.45, 7) is 10.2. The molecular weight excluding hydrogens is 236 g/mol. The van der Waals surface area contributed by atoms with Crippen molar-refractivity contribution in [3.63, 3.8) is 0 Å². The summed E-state index contributed by atoms with van der Waals surface area (Å²) >= 11 is 0. The molecular formula is C16H28N2O. The molecule has 1 fully saturated rings. The van der Waals surface area contributed by atoms with Gasteiger partial charge in [-0.3, -0.25) is 4.90 Å². The zero-order chi connectivity index (χ0) is 13.7. The monoisotopic (exact) mass is 264 g/mol. The number of hydrogen-bond acceptors (Lipinski definition) is 3. The molecule has 1 aromatic rings. The summed E-state index contributed by atoms with van der Waals surface area (Å²) in [4.78, 5) is 2.66. The van der Waals surface area contributed by atoms with Crippen LogP contribution in [0.2, 0.25) is 0 Å². The summed E-state index contributed by atoms with van der Waals surface area (Å²) in [5, 5.41) is 3.64. The lowest BCUT2D eigenvalue weighted by molar-refractivity contribution is 0.0362. The van der Waals surface area contributed by atoms with Gasteiger partial charge in [-0.1, -0.05) is 20.3 Å². The average molecular weight is 264 g/mol. The molecule has 0 bridgehead atoms. The molecule has 0 aromatic carbocycles. The minimum Gasteiger partial charge on any atom is -0.468 e. The molecule has 0 amide bonds. The normalized spacial score (nSPS) is 22.1. The third kappa shape index (κ3) is 3.03. The third-order valence-electron chi connectivity index (χ3n) is 4.65. The first-order valence-corrected chi connectivity index (χ1v) is 7.74. The Morgan fingerprint density at radius 2 is 2.05 bits per heavy atom.